The van der Waals surface area contributed by atoms with Crippen LogP contribution >= 0.6 is 11.3 Å². The highest BCUT2D eigenvalue weighted by molar-refractivity contribution is 7.09. The Labute approximate surface area is 124 Å². The number of hydrogen-bond donors (Lipinski definition) is 2. The van der Waals surface area contributed by atoms with Gasteiger partial charge in [-0.15, -0.1) is 11.3 Å². The highest BCUT2D eigenvalue weighted by Crippen LogP contribution is 2.19. The molecule has 2 rings (SSSR count). The second-order valence-electron chi connectivity index (χ2n) is 4.92. The molecule has 5 nitrogen and oxygen atoms in total. The van der Waals surface area contributed by atoms with E-state index < -0.39 is 12.7 Å². The first-order valence-electron chi connectivity index (χ1n) is 6.64. The SMILES string of the molecule is O=C(NCc1nccs1)NC1CCN(CC(F)(F)F)CC1. The van der Waals surface area contributed by atoms with Gasteiger partial charge in [0.25, 0.3) is 0 Å². The maximum Gasteiger partial charge on any atom is 0.401 e. The predicted molar refractivity (Wildman–Crippen MR) is 73.0 cm³/mol. The zero-order chi connectivity index (χ0) is 15.3. The van der Waals surface area contributed by atoms with E-state index in [2.05, 4.69) is 15.6 Å². The van der Waals surface area contributed by atoms with E-state index in [-0.39, 0.29) is 12.1 Å². The summed E-state index contributed by atoms with van der Waals surface area (Å²) in [5.41, 5.74) is 0. The molecule has 1 fully saturated rings. The van der Waals surface area contributed by atoms with Crippen LogP contribution in [0.4, 0.5) is 18.0 Å². The number of amides is 2. The lowest BCUT2D eigenvalue weighted by molar-refractivity contribution is -0.148. The van der Waals surface area contributed by atoms with Crippen LogP contribution in [0, 0.1) is 0 Å². The minimum atomic E-state index is -4.16. The molecule has 118 valence electrons. The zero-order valence-electron chi connectivity index (χ0n) is 11.3. The minimum absolute atomic E-state index is 0.0780. The molecule has 0 saturated carbocycles. The van der Waals surface area contributed by atoms with Crippen molar-refractivity contribution in [2.24, 2.45) is 0 Å². The molecule has 0 atom stereocenters. The highest BCUT2D eigenvalue weighted by atomic mass is 32.1. The van der Waals surface area contributed by atoms with Gasteiger partial charge in [-0.2, -0.15) is 13.2 Å². The largest absolute Gasteiger partial charge is 0.401 e. The van der Waals surface area contributed by atoms with E-state index in [9.17, 15) is 18.0 Å². The third-order valence-electron chi connectivity index (χ3n) is 3.21. The van der Waals surface area contributed by atoms with Crippen LogP contribution < -0.4 is 10.6 Å². The molecule has 2 heterocycles. The van der Waals surface area contributed by atoms with Gasteiger partial charge in [-0.1, -0.05) is 0 Å². The Bertz CT molecular complexity index is 444. The molecule has 0 aromatic carbocycles. The van der Waals surface area contributed by atoms with Crippen LogP contribution in [0.25, 0.3) is 0 Å². The van der Waals surface area contributed by atoms with Crippen molar-refractivity contribution < 1.29 is 18.0 Å². The summed E-state index contributed by atoms with van der Waals surface area (Å²) in [6.07, 6.45) is -1.44. The van der Waals surface area contributed by atoms with E-state index in [4.69, 9.17) is 0 Å². The second-order valence-corrected chi connectivity index (χ2v) is 5.90. The molecule has 1 aromatic heterocycles. The Kier molecular flexibility index (Phi) is 5.40. The Morgan fingerprint density at radius 1 is 1.43 bits per heavy atom. The van der Waals surface area contributed by atoms with Crippen molar-refractivity contribution in [2.75, 3.05) is 19.6 Å². The number of piperidine rings is 1. The maximum absolute atomic E-state index is 12.3. The Balaban J connectivity index is 1.65. The molecule has 0 unspecified atom stereocenters. The summed E-state index contributed by atoms with van der Waals surface area (Å²) in [5, 5.41) is 8.10. The number of carbonyl (C=O) groups is 1. The van der Waals surface area contributed by atoms with Gasteiger partial charge in [-0.3, -0.25) is 4.90 Å². The number of hydrogen-bond acceptors (Lipinski definition) is 4. The molecular weight excluding hydrogens is 305 g/mol. The van der Waals surface area contributed by atoms with E-state index in [1.807, 2.05) is 5.38 Å². The van der Waals surface area contributed by atoms with Gasteiger partial charge in [0.05, 0.1) is 13.1 Å². The molecule has 1 aliphatic rings. The monoisotopic (exact) mass is 322 g/mol. The molecule has 2 amide bonds. The molecule has 1 aliphatic heterocycles. The Morgan fingerprint density at radius 2 is 2.14 bits per heavy atom. The van der Waals surface area contributed by atoms with Gasteiger partial charge in [0.15, 0.2) is 0 Å². The van der Waals surface area contributed by atoms with E-state index in [0.29, 0.717) is 32.5 Å². The highest BCUT2D eigenvalue weighted by Gasteiger charge is 2.32. The first-order chi connectivity index (χ1) is 9.92. The zero-order valence-corrected chi connectivity index (χ0v) is 12.1. The molecule has 0 aliphatic carbocycles. The molecule has 2 N–H and O–H groups in total. The topological polar surface area (TPSA) is 57.3 Å². The van der Waals surface area contributed by atoms with Gasteiger partial charge in [0, 0.05) is 30.7 Å². The summed E-state index contributed by atoms with van der Waals surface area (Å²) < 4.78 is 36.8. The fraction of sp³-hybridized carbons (Fsp3) is 0.667. The summed E-state index contributed by atoms with van der Waals surface area (Å²) in [6.45, 7) is 0.167. The van der Waals surface area contributed by atoms with Crippen LogP contribution in [0.3, 0.4) is 0 Å². The summed E-state index contributed by atoms with van der Waals surface area (Å²) in [6, 6.07) is -0.384. The fourth-order valence-electron chi connectivity index (χ4n) is 2.22. The first kappa shape index (κ1) is 16.0. The number of urea groups is 1. The maximum atomic E-state index is 12.3. The van der Waals surface area contributed by atoms with Crippen molar-refractivity contribution in [3.05, 3.63) is 16.6 Å². The molecule has 0 bridgehead atoms. The summed E-state index contributed by atoms with van der Waals surface area (Å²) >= 11 is 1.45. The van der Waals surface area contributed by atoms with Gasteiger partial charge in [0.2, 0.25) is 0 Å². The van der Waals surface area contributed by atoms with E-state index in [1.165, 1.54) is 16.2 Å². The summed E-state index contributed by atoms with van der Waals surface area (Å²) in [5.74, 6) is 0. The summed E-state index contributed by atoms with van der Waals surface area (Å²) in [7, 11) is 0. The van der Waals surface area contributed by atoms with Crippen LogP contribution in [0.5, 0.6) is 0 Å². The molecule has 1 saturated heterocycles. The third-order valence-corrected chi connectivity index (χ3v) is 3.99. The fourth-order valence-corrected chi connectivity index (χ4v) is 2.78. The average Bonchev–Trinajstić information content (AvgIpc) is 2.90. The number of alkyl halides is 3. The number of aromatic nitrogens is 1. The average molecular weight is 322 g/mol. The number of carbonyl (C=O) groups excluding carboxylic acids is 1. The van der Waals surface area contributed by atoms with Gasteiger partial charge < -0.3 is 10.6 Å². The number of nitrogens with one attached hydrogen (secondary N) is 2. The normalized spacial score (nSPS) is 17.7. The van der Waals surface area contributed by atoms with E-state index in [1.54, 1.807) is 6.20 Å². The molecule has 21 heavy (non-hydrogen) atoms. The van der Waals surface area contributed by atoms with Crippen LogP contribution in [0.15, 0.2) is 11.6 Å². The molecule has 9 heteroatoms. The Morgan fingerprint density at radius 3 is 2.71 bits per heavy atom. The lowest BCUT2D eigenvalue weighted by Gasteiger charge is -2.32. The number of rotatable bonds is 4. The smallest absolute Gasteiger partial charge is 0.335 e. The van der Waals surface area contributed by atoms with Crippen molar-refractivity contribution in [1.29, 1.82) is 0 Å². The van der Waals surface area contributed by atoms with Gasteiger partial charge >= 0.3 is 12.2 Å². The van der Waals surface area contributed by atoms with Crippen molar-refractivity contribution in [3.8, 4) is 0 Å². The molecular formula is C12H17F3N4OS. The number of nitrogens with zero attached hydrogens (tertiary/aromatic N) is 2. The third kappa shape index (κ3) is 5.88. The van der Waals surface area contributed by atoms with Crippen molar-refractivity contribution in [2.45, 2.75) is 31.6 Å². The molecule has 1 aromatic rings. The van der Waals surface area contributed by atoms with Crippen LogP contribution in [-0.4, -0.2) is 47.8 Å². The minimum Gasteiger partial charge on any atom is -0.335 e. The van der Waals surface area contributed by atoms with Gasteiger partial charge in [-0.05, 0) is 12.8 Å². The van der Waals surface area contributed by atoms with Gasteiger partial charge in [-0.25, -0.2) is 9.78 Å². The second kappa shape index (κ2) is 7.08. The van der Waals surface area contributed by atoms with Crippen molar-refractivity contribution in [1.82, 2.24) is 20.5 Å². The van der Waals surface area contributed by atoms with E-state index in [0.717, 1.165) is 5.01 Å². The van der Waals surface area contributed by atoms with Gasteiger partial charge in [0.1, 0.15) is 5.01 Å². The van der Waals surface area contributed by atoms with Crippen molar-refractivity contribution >= 4 is 17.4 Å². The lowest BCUT2D eigenvalue weighted by atomic mass is 10.1. The van der Waals surface area contributed by atoms with Crippen molar-refractivity contribution in [3.63, 3.8) is 0 Å². The van der Waals surface area contributed by atoms with E-state index >= 15 is 0 Å². The number of thiazole rings is 1. The van der Waals surface area contributed by atoms with Crippen LogP contribution in [0.1, 0.15) is 17.8 Å². The van der Waals surface area contributed by atoms with Crippen LogP contribution in [0.2, 0.25) is 0 Å². The standard InChI is InChI=1S/C12H17F3N4OS/c13-12(14,15)8-19-4-1-9(2-5-19)18-11(20)17-7-10-16-3-6-21-10/h3,6,9H,1-2,4-5,7-8H2,(H2,17,18,20). The number of likely N-dealkylation sites (tertiary alicyclic amines) is 1. The Hall–Kier alpha value is -1.35. The van der Waals surface area contributed by atoms with Crippen LogP contribution in [-0.2, 0) is 6.54 Å². The molecule has 0 spiro atoms. The lowest BCUT2D eigenvalue weighted by Crippen LogP contribution is -2.49. The first-order valence-corrected chi connectivity index (χ1v) is 7.52. The quantitative estimate of drug-likeness (QED) is 0.891. The predicted octanol–water partition coefficient (Wildman–Crippen LogP) is 1.97. The number of halogens is 3. The summed E-state index contributed by atoms with van der Waals surface area (Å²) in [4.78, 5) is 17.1. The molecule has 0 radical (unpaired) electrons.